The van der Waals surface area contributed by atoms with Gasteiger partial charge in [0.15, 0.2) is 5.96 Å². The molecule has 0 saturated heterocycles. The molecule has 100 valence electrons. The second-order valence-corrected chi connectivity index (χ2v) is 4.48. The summed E-state index contributed by atoms with van der Waals surface area (Å²) in [4.78, 5) is 4.25. The molecule has 0 aliphatic carbocycles. The molecular formula is C12H24IN3O. The van der Waals surface area contributed by atoms with Crippen LogP contribution in [0, 0.1) is 5.92 Å². The van der Waals surface area contributed by atoms with Gasteiger partial charge in [-0.2, -0.15) is 0 Å². The SMILES string of the molecule is CC(C)CN=C(N)NCCC1=CCOCC1.I. The number of nitrogens with zero attached hydrogens (tertiary/aromatic N) is 1. The molecule has 0 aromatic carbocycles. The Kier molecular flexibility index (Phi) is 9.53. The Labute approximate surface area is 121 Å². The second kappa shape index (κ2) is 9.70. The van der Waals surface area contributed by atoms with Crippen molar-refractivity contribution in [3.8, 4) is 0 Å². The molecule has 0 amide bonds. The Morgan fingerprint density at radius 1 is 1.59 bits per heavy atom. The molecule has 1 rings (SSSR count). The van der Waals surface area contributed by atoms with Crippen LogP contribution in [0.25, 0.3) is 0 Å². The lowest BCUT2D eigenvalue weighted by atomic mass is 10.1. The topological polar surface area (TPSA) is 59.6 Å². The molecule has 0 aromatic rings. The van der Waals surface area contributed by atoms with E-state index in [4.69, 9.17) is 10.5 Å². The van der Waals surface area contributed by atoms with Crippen molar-refractivity contribution in [1.82, 2.24) is 5.32 Å². The third-order valence-electron chi connectivity index (χ3n) is 2.44. The molecule has 0 unspecified atom stereocenters. The number of guanidine groups is 1. The maximum atomic E-state index is 5.73. The van der Waals surface area contributed by atoms with E-state index in [1.807, 2.05) is 0 Å². The maximum Gasteiger partial charge on any atom is 0.188 e. The summed E-state index contributed by atoms with van der Waals surface area (Å²) >= 11 is 0. The van der Waals surface area contributed by atoms with Gasteiger partial charge in [-0.15, -0.1) is 24.0 Å². The quantitative estimate of drug-likeness (QED) is 0.344. The molecule has 0 spiro atoms. The van der Waals surface area contributed by atoms with Gasteiger partial charge in [0.1, 0.15) is 0 Å². The standard InChI is InChI=1S/C12H23N3O.HI/c1-10(2)9-15-12(13)14-6-3-11-4-7-16-8-5-11;/h4,10H,3,5-9H2,1-2H3,(H3,13,14,15);1H. The Morgan fingerprint density at radius 3 is 2.94 bits per heavy atom. The molecule has 1 aliphatic heterocycles. The van der Waals surface area contributed by atoms with Gasteiger partial charge in [-0.1, -0.05) is 25.5 Å². The van der Waals surface area contributed by atoms with Crippen molar-refractivity contribution in [3.05, 3.63) is 11.6 Å². The highest BCUT2D eigenvalue weighted by Crippen LogP contribution is 2.10. The summed E-state index contributed by atoms with van der Waals surface area (Å²) in [5.41, 5.74) is 7.19. The Morgan fingerprint density at radius 2 is 2.35 bits per heavy atom. The van der Waals surface area contributed by atoms with Crippen LogP contribution in [-0.2, 0) is 4.74 Å². The highest BCUT2D eigenvalue weighted by Gasteiger charge is 2.03. The smallest absolute Gasteiger partial charge is 0.188 e. The number of aliphatic imine (C=N–C) groups is 1. The normalized spacial score (nSPS) is 16.4. The van der Waals surface area contributed by atoms with Crippen LogP contribution in [0.5, 0.6) is 0 Å². The summed E-state index contributed by atoms with van der Waals surface area (Å²) in [5.74, 6) is 1.11. The molecule has 0 bridgehead atoms. The predicted octanol–water partition coefficient (Wildman–Crippen LogP) is 1.90. The second-order valence-electron chi connectivity index (χ2n) is 4.48. The molecular weight excluding hydrogens is 329 g/mol. The number of rotatable bonds is 5. The van der Waals surface area contributed by atoms with E-state index in [0.717, 1.165) is 39.1 Å². The minimum atomic E-state index is 0. The van der Waals surface area contributed by atoms with Crippen LogP contribution in [0.15, 0.2) is 16.6 Å². The van der Waals surface area contributed by atoms with E-state index < -0.39 is 0 Å². The summed E-state index contributed by atoms with van der Waals surface area (Å²) < 4.78 is 5.25. The first-order valence-electron chi connectivity index (χ1n) is 5.98. The molecule has 0 atom stereocenters. The van der Waals surface area contributed by atoms with E-state index in [1.165, 1.54) is 5.57 Å². The number of nitrogens with two attached hydrogens (primary N) is 1. The van der Waals surface area contributed by atoms with Crippen LogP contribution < -0.4 is 11.1 Å². The van der Waals surface area contributed by atoms with E-state index in [-0.39, 0.29) is 24.0 Å². The minimum absolute atomic E-state index is 0. The lowest BCUT2D eigenvalue weighted by Gasteiger charge is -2.13. The number of hydrogen-bond donors (Lipinski definition) is 2. The zero-order valence-corrected chi connectivity index (χ0v) is 13.1. The molecule has 4 nitrogen and oxygen atoms in total. The lowest BCUT2D eigenvalue weighted by Crippen LogP contribution is -2.33. The van der Waals surface area contributed by atoms with E-state index in [2.05, 4.69) is 30.2 Å². The van der Waals surface area contributed by atoms with Crippen molar-refractivity contribution < 1.29 is 4.74 Å². The van der Waals surface area contributed by atoms with Gasteiger partial charge < -0.3 is 15.8 Å². The molecule has 0 radical (unpaired) electrons. The number of halogens is 1. The zero-order chi connectivity index (χ0) is 11.8. The van der Waals surface area contributed by atoms with Crippen LogP contribution in [0.4, 0.5) is 0 Å². The molecule has 1 heterocycles. The average molecular weight is 353 g/mol. The Hall–Kier alpha value is -0.300. The van der Waals surface area contributed by atoms with Gasteiger partial charge in [0, 0.05) is 13.1 Å². The number of ether oxygens (including phenoxy) is 1. The van der Waals surface area contributed by atoms with Crippen LogP contribution >= 0.6 is 24.0 Å². The molecule has 0 fully saturated rings. The van der Waals surface area contributed by atoms with Crippen molar-refractivity contribution in [3.63, 3.8) is 0 Å². The number of hydrogen-bond acceptors (Lipinski definition) is 2. The molecule has 17 heavy (non-hydrogen) atoms. The van der Waals surface area contributed by atoms with Gasteiger partial charge in [0.2, 0.25) is 0 Å². The first kappa shape index (κ1) is 16.7. The van der Waals surface area contributed by atoms with Gasteiger partial charge in [-0.05, 0) is 18.8 Å². The van der Waals surface area contributed by atoms with E-state index in [1.54, 1.807) is 0 Å². The first-order valence-corrected chi connectivity index (χ1v) is 5.98. The summed E-state index contributed by atoms with van der Waals surface area (Å²) in [5, 5.41) is 3.13. The van der Waals surface area contributed by atoms with Crippen LogP contribution in [0.1, 0.15) is 26.7 Å². The predicted molar refractivity (Wildman–Crippen MR) is 82.9 cm³/mol. The largest absolute Gasteiger partial charge is 0.377 e. The van der Waals surface area contributed by atoms with Crippen molar-refractivity contribution in [2.24, 2.45) is 16.6 Å². The fourth-order valence-corrected chi connectivity index (χ4v) is 1.48. The fourth-order valence-electron chi connectivity index (χ4n) is 1.48. The highest BCUT2D eigenvalue weighted by atomic mass is 127. The third-order valence-corrected chi connectivity index (χ3v) is 2.44. The summed E-state index contributed by atoms with van der Waals surface area (Å²) in [6.45, 7) is 7.51. The van der Waals surface area contributed by atoms with Gasteiger partial charge >= 0.3 is 0 Å². The summed E-state index contributed by atoms with van der Waals surface area (Å²) in [6.07, 6.45) is 4.23. The summed E-state index contributed by atoms with van der Waals surface area (Å²) in [7, 11) is 0. The molecule has 0 saturated carbocycles. The van der Waals surface area contributed by atoms with E-state index in [0.29, 0.717) is 11.9 Å². The van der Waals surface area contributed by atoms with Crippen molar-refractivity contribution >= 4 is 29.9 Å². The fraction of sp³-hybridized carbons (Fsp3) is 0.750. The lowest BCUT2D eigenvalue weighted by molar-refractivity contribution is 0.153. The van der Waals surface area contributed by atoms with Crippen LogP contribution in [0.3, 0.4) is 0 Å². The van der Waals surface area contributed by atoms with Crippen molar-refractivity contribution in [2.75, 3.05) is 26.3 Å². The molecule has 3 N–H and O–H groups in total. The van der Waals surface area contributed by atoms with Crippen molar-refractivity contribution in [1.29, 1.82) is 0 Å². The molecule has 0 aromatic heterocycles. The van der Waals surface area contributed by atoms with Crippen LogP contribution in [-0.4, -0.2) is 32.3 Å². The Bertz CT molecular complexity index is 264. The van der Waals surface area contributed by atoms with E-state index >= 15 is 0 Å². The third kappa shape index (κ3) is 8.43. The number of nitrogens with one attached hydrogen (secondary N) is 1. The van der Waals surface area contributed by atoms with E-state index in [9.17, 15) is 0 Å². The monoisotopic (exact) mass is 353 g/mol. The average Bonchev–Trinajstić information content (AvgIpc) is 2.28. The van der Waals surface area contributed by atoms with Crippen molar-refractivity contribution in [2.45, 2.75) is 26.7 Å². The van der Waals surface area contributed by atoms with Gasteiger partial charge in [-0.25, -0.2) is 0 Å². The van der Waals surface area contributed by atoms with Crippen LogP contribution in [0.2, 0.25) is 0 Å². The van der Waals surface area contributed by atoms with Gasteiger partial charge in [0.05, 0.1) is 13.2 Å². The molecule has 1 aliphatic rings. The molecule has 5 heteroatoms. The Balaban J connectivity index is 0.00000256. The summed E-state index contributed by atoms with van der Waals surface area (Å²) in [6, 6.07) is 0. The van der Waals surface area contributed by atoms with Gasteiger partial charge in [0.25, 0.3) is 0 Å². The highest BCUT2D eigenvalue weighted by molar-refractivity contribution is 14.0. The zero-order valence-electron chi connectivity index (χ0n) is 10.7. The maximum absolute atomic E-state index is 5.73. The minimum Gasteiger partial charge on any atom is -0.377 e. The van der Waals surface area contributed by atoms with Gasteiger partial charge in [-0.3, -0.25) is 4.99 Å². The first-order chi connectivity index (χ1) is 7.68.